The van der Waals surface area contributed by atoms with Crippen molar-refractivity contribution in [2.75, 3.05) is 7.11 Å². The van der Waals surface area contributed by atoms with Crippen LogP contribution in [0.2, 0.25) is 0 Å². The van der Waals surface area contributed by atoms with Crippen LogP contribution in [0.15, 0.2) is 12.1 Å². The third kappa shape index (κ3) is 2.53. The zero-order valence-electron chi connectivity index (χ0n) is 10.7. The van der Waals surface area contributed by atoms with Gasteiger partial charge in [-0.3, -0.25) is 0 Å². The summed E-state index contributed by atoms with van der Waals surface area (Å²) in [5.74, 6) is 2.10. The summed E-state index contributed by atoms with van der Waals surface area (Å²) < 4.78 is 5.45. The first-order chi connectivity index (χ1) is 6.97. The molecule has 0 aromatic heterocycles. The van der Waals surface area contributed by atoms with Crippen LogP contribution >= 0.6 is 0 Å². The van der Waals surface area contributed by atoms with Gasteiger partial charge in [-0.1, -0.05) is 33.8 Å². The van der Waals surface area contributed by atoms with Crippen molar-refractivity contribution in [1.29, 1.82) is 0 Å². The molecule has 0 spiro atoms. The Bertz CT molecular complexity index is 337. The first-order valence-corrected chi connectivity index (χ1v) is 5.65. The van der Waals surface area contributed by atoms with Crippen molar-refractivity contribution in [3.8, 4) is 5.75 Å². The first kappa shape index (κ1) is 12.1. The maximum atomic E-state index is 5.45. The predicted octanol–water partition coefficient (Wildman–Crippen LogP) is 4.25. The summed E-state index contributed by atoms with van der Waals surface area (Å²) in [4.78, 5) is 0. The molecule has 1 aromatic rings. The van der Waals surface area contributed by atoms with E-state index in [1.165, 1.54) is 16.7 Å². The van der Waals surface area contributed by atoms with Gasteiger partial charge in [0.25, 0.3) is 0 Å². The molecule has 0 heterocycles. The van der Waals surface area contributed by atoms with Gasteiger partial charge in [-0.05, 0) is 41.5 Å². The van der Waals surface area contributed by atoms with Crippen molar-refractivity contribution >= 4 is 0 Å². The zero-order valence-corrected chi connectivity index (χ0v) is 10.7. The third-order valence-corrected chi connectivity index (χ3v) is 2.86. The van der Waals surface area contributed by atoms with Crippen LogP contribution in [0.3, 0.4) is 0 Å². The Morgan fingerprint density at radius 1 is 0.933 bits per heavy atom. The zero-order chi connectivity index (χ0) is 11.6. The number of benzene rings is 1. The van der Waals surface area contributed by atoms with E-state index in [4.69, 9.17) is 4.74 Å². The minimum atomic E-state index is 0.514. The Labute approximate surface area is 93.5 Å². The molecule has 0 aliphatic rings. The lowest BCUT2D eigenvalue weighted by Crippen LogP contribution is -2.00. The van der Waals surface area contributed by atoms with Crippen molar-refractivity contribution in [1.82, 2.24) is 0 Å². The van der Waals surface area contributed by atoms with Crippen LogP contribution in [0, 0.1) is 6.92 Å². The predicted molar refractivity (Wildman–Crippen MR) is 65.9 cm³/mol. The number of methoxy groups -OCH3 is 1. The molecule has 0 fully saturated rings. The van der Waals surface area contributed by atoms with Crippen molar-refractivity contribution in [3.05, 3.63) is 28.8 Å². The molecule has 1 aromatic carbocycles. The highest BCUT2D eigenvalue weighted by Crippen LogP contribution is 2.32. The topological polar surface area (TPSA) is 9.23 Å². The fourth-order valence-electron chi connectivity index (χ4n) is 1.98. The average Bonchev–Trinajstić information content (AvgIpc) is 2.16. The summed E-state index contributed by atoms with van der Waals surface area (Å²) >= 11 is 0. The molecule has 0 saturated heterocycles. The van der Waals surface area contributed by atoms with E-state index in [0.717, 1.165) is 5.75 Å². The maximum Gasteiger partial charge on any atom is 0.122 e. The highest BCUT2D eigenvalue weighted by Gasteiger charge is 2.12. The van der Waals surface area contributed by atoms with E-state index >= 15 is 0 Å². The summed E-state index contributed by atoms with van der Waals surface area (Å²) in [7, 11) is 1.75. The molecular weight excluding hydrogens is 184 g/mol. The number of aryl methyl sites for hydroxylation is 1. The minimum Gasteiger partial charge on any atom is -0.496 e. The second kappa shape index (κ2) is 4.69. The molecule has 84 valence electrons. The molecule has 0 aliphatic carbocycles. The first-order valence-electron chi connectivity index (χ1n) is 5.65. The van der Waals surface area contributed by atoms with Crippen LogP contribution < -0.4 is 4.74 Å². The van der Waals surface area contributed by atoms with Crippen molar-refractivity contribution < 1.29 is 4.74 Å². The van der Waals surface area contributed by atoms with Crippen LogP contribution in [-0.4, -0.2) is 7.11 Å². The lowest BCUT2D eigenvalue weighted by atomic mass is 9.92. The van der Waals surface area contributed by atoms with E-state index in [2.05, 4.69) is 46.8 Å². The third-order valence-electron chi connectivity index (χ3n) is 2.86. The van der Waals surface area contributed by atoms with Gasteiger partial charge < -0.3 is 4.74 Å². The lowest BCUT2D eigenvalue weighted by molar-refractivity contribution is 0.406. The van der Waals surface area contributed by atoms with Crippen LogP contribution in [0.25, 0.3) is 0 Å². The standard InChI is InChI=1S/C14H22O/c1-9(2)12-8-14(15-6)13(10(3)4)7-11(12)5/h7-10H,1-6H3. The summed E-state index contributed by atoms with van der Waals surface area (Å²) in [6.07, 6.45) is 0. The van der Waals surface area contributed by atoms with Crippen LogP contribution in [-0.2, 0) is 0 Å². The molecule has 0 N–H and O–H groups in total. The van der Waals surface area contributed by atoms with Crippen molar-refractivity contribution in [2.45, 2.75) is 46.5 Å². The van der Waals surface area contributed by atoms with Gasteiger partial charge in [0, 0.05) is 0 Å². The highest BCUT2D eigenvalue weighted by atomic mass is 16.5. The van der Waals surface area contributed by atoms with Crippen LogP contribution in [0.1, 0.15) is 56.2 Å². The smallest absolute Gasteiger partial charge is 0.122 e. The summed E-state index contributed by atoms with van der Waals surface area (Å²) in [6.45, 7) is 11.0. The quantitative estimate of drug-likeness (QED) is 0.718. The molecule has 0 bridgehead atoms. The van der Waals surface area contributed by atoms with E-state index in [9.17, 15) is 0 Å². The number of hydrogen-bond donors (Lipinski definition) is 0. The molecule has 0 atom stereocenters. The second-order valence-electron chi connectivity index (χ2n) is 4.76. The normalized spacial score (nSPS) is 11.2. The highest BCUT2D eigenvalue weighted by molar-refractivity contribution is 5.44. The Hall–Kier alpha value is -0.980. The number of ether oxygens (including phenoxy) is 1. The summed E-state index contributed by atoms with van der Waals surface area (Å²) in [5.41, 5.74) is 4.06. The van der Waals surface area contributed by atoms with Crippen LogP contribution in [0.5, 0.6) is 5.75 Å². The number of rotatable bonds is 3. The van der Waals surface area contributed by atoms with Crippen molar-refractivity contribution in [3.63, 3.8) is 0 Å². The van der Waals surface area contributed by atoms with E-state index in [-0.39, 0.29) is 0 Å². The van der Waals surface area contributed by atoms with Crippen molar-refractivity contribution in [2.24, 2.45) is 0 Å². The Morgan fingerprint density at radius 3 is 1.87 bits per heavy atom. The Morgan fingerprint density at radius 2 is 1.47 bits per heavy atom. The molecule has 0 radical (unpaired) electrons. The fraction of sp³-hybridized carbons (Fsp3) is 0.571. The van der Waals surface area contributed by atoms with Gasteiger partial charge >= 0.3 is 0 Å². The molecule has 1 heteroatoms. The summed E-state index contributed by atoms with van der Waals surface area (Å²) in [6, 6.07) is 4.45. The fourth-order valence-corrected chi connectivity index (χ4v) is 1.98. The molecule has 0 unspecified atom stereocenters. The van der Waals surface area contributed by atoms with E-state index in [0.29, 0.717) is 11.8 Å². The molecular formula is C14H22O. The molecule has 0 amide bonds. The molecule has 1 nitrogen and oxygen atoms in total. The van der Waals surface area contributed by atoms with Gasteiger partial charge in [0.05, 0.1) is 7.11 Å². The van der Waals surface area contributed by atoms with Gasteiger partial charge in [-0.25, -0.2) is 0 Å². The molecule has 1 rings (SSSR count). The Kier molecular flexibility index (Phi) is 3.78. The minimum absolute atomic E-state index is 0.514. The number of hydrogen-bond acceptors (Lipinski definition) is 1. The summed E-state index contributed by atoms with van der Waals surface area (Å²) in [5, 5.41) is 0. The second-order valence-corrected chi connectivity index (χ2v) is 4.76. The van der Waals surface area contributed by atoms with Crippen LogP contribution in [0.4, 0.5) is 0 Å². The van der Waals surface area contributed by atoms with Gasteiger partial charge in [-0.15, -0.1) is 0 Å². The lowest BCUT2D eigenvalue weighted by Gasteiger charge is -2.17. The molecule has 0 aliphatic heterocycles. The van der Waals surface area contributed by atoms with Gasteiger partial charge in [-0.2, -0.15) is 0 Å². The largest absolute Gasteiger partial charge is 0.496 e. The van der Waals surface area contributed by atoms with Gasteiger partial charge in [0.1, 0.15) is 5.75 Å². The monoisotopic (exact) mass is 206 g/mol. The molecule has 15 heavy (non-hydrogen) atoms. The average molecular weight is 206 g/mol. The Balaban J connectivity index is 3.29. The molecule has 0 saturated carbocycles. The van der Waals surface area contributed by atoms with Gasteiger partial charge in [0.2, 0.25) is 0 Å². The maximum absolute atomic E-state index is 5.45. The van der Waals surface area contributed by atoms with E-state index in [1.807, 2.05) is 0 Å². The van der Waals surface area contributed by atoms with E-state index < -0.39 is 0 Å². The van der Waals surface area contributed by atoms with Gasteiger partial charge in [0.15, 0.2) is 0 Å². The SMILES string of the molecule is COc1cc(C(C)C)c(C)cc1C(C)C. The van der Waals surface area contributed by atoms with E-state index in [1.54, 1.807) is 7.11 Å².